The predicted molar refractivity (Wildman–Crippen MR) is 134 cm³/mol. The summed E-state index contributed by atoms with van der Waals surface area (Å²) in [5, 5.41) is 5.00. The normalized spacial score (nSPS) is 11.1. The average molecular weight is 494 g/mol. The molecule has 0 saturated heterocycles. The molecule has 34 heavy (non-hydrogen) atoms. The molecular formula is C25H23N3O4S2. The third kappa shape index (κ3) is 5.11. The summed E-state index contributed by atoms with van der Waals surface area (Å²) in [7, 11) is -2.55. The van der Waals surface area contributed by atoms with E-state index in [0.717, 1.165) is 11.3 Å². The number of thiazole rings is 1. The van der Waals surface area contributed by atoms with E-state index in [1.807, 2.05) is 42.6 Å². The van der Waals surface area contributed by atoms with E-state index < -0.39 is 15.9 Å². The van der Waals surface area contributed by atoms with Crippen LogP contribution in [-0.4, -0.2) is 26.4 Å². The monoisotopic (exact) mass is 493 g/mol. The van der Waals surface area contributed by atoms with Crippen molar-refractivity contribution >= 4 is 38.1 Å². The molecule has 0 atom stereocenters. The fourth-order valence-electron chi connectivity index (χ4n) is 3.39. The molecule has 4 rings (SSSR count). The molecule has 1 amide bonds. The Morgan fingerprint density at radius 3 is 2.47 bits per heavy atom. The van der Waals surface area contributed by atoms with Crippen molar-refractivity contribution in [3.63, 3.8) is 0 Å². The van der Waals surface area contributed by atoms with Crippen molar-refractivity contribution in [3.05, 3.63) is 101 Å². The highest BCUT2D eigenvalue weighted by Crippen LogP contribution is 2.34. The lowest BCUT2D eigenvalue weighted by Crippen LogP contribution is -2.31. The Morgan fingerprint density at radius 2 is 1.76 bits per heavy atom. The zero-order valence-corrected chi connectivity index (χ0v) is 20.3. The number of methoxy groups -OCH3 is 1. The SMILES string of the molecule is COc1ccccc1N(Cc1ccccc1)S(=O)(=O)c1cccc(C(=O)Nc2nc(C)cs2)c1. The van der Waals surface area contributed by atoms with Gasteiger partial charge in [0.2, 0.25) is 0 Å². The van der Waals surface area contributed by atoms with E-state index in [9.17, 15) is 13.2 Å². The maximum atomic E-state index is 13.9. The highest BCUT2D eigenvalue weighted by atomic mass is 32.2. The Labute approximate surface area is 202 Å². The lowest BCUT2D eigenvalue weighted by atomic mass is 10.2. The highest BCUT2D eigenvalue weighted by Gasteiger charge is 2.28. The highest BCUT2D eigenvalue weighted by molar-refractivity contribution is 7.92. The van der Waals surface area contributed by atoms with E-state index >= 15 is 0 Å². The van der Waals surface area contributed by atoms with Crippen LogP contribution >= 0.6 is 11.3 Å². The van der Waals surface area contributed by atoms with E-state index in [-0.39, 0.29) is 17.0 Å². The molecule has 3 aromatic carbocycles. The maximum absolute atomic E-state index is 13.9. The summed E-state index contributed by atoms with van der Waals surface area (Å²) in [5.41, 5.74) is 2.23. The molecule has 1 N–H and O–H groups in total. The Bertz CT molecular complexity index is 1400. The summed E-state index contributed by atoms with van der Waals surface area (Å²) >= 11 is 1.31. The molecule has 0 fully saturated rings. The number of rotatable bonds is 8. The van der Waals surface area contributed by atoms with Gasteiger partial charge in [-0.05, 0) is 42.8 Å². The summed E-state index contributed by atoms with van der Waals surface area (Å²) in [6.45, 7) is 1.93. The predicted octanol–water partition coefficient (Wildman–Crippen LogP) is 5.11. The topological polar surface area (TPSA) is 88.6 Å². The summed E-state index contributed by atoms with van der Waals surface area (Å²) < 4.78 is 34.5. The lowest BCUT2D eigenvalue weighted by Gasteiger charge is -2.26. The number of hydrogen-bond acceptors (Lipinski definition) is 6. The molecule has 1 heterocycles. The van der Waals surface area contributed by atoms with Gasteiger partial charge in [0.15, 0.2) is 5.13 Å². The lowest BCUT2D eigenvalue weighted by molar-refractivity contribution is 0.102. The molecule has 0 spiro atoms. The van der Waals surface area contributed by atoms with E-state index in [4.69, 9.17) is 4.74 Å². The largest absolute Gasteiger partial charge is 0.495 e. The molecule has 0 aliphatic carbocycles. The molecular weight excluding hydrogens is 470 g/mol. The van der Waals surface area contributed by atoms with Gasteiger partial charge in [0.1, 0.15) is 5.75 Å². The third-order valence-electron chi connectivity index (χ3n) is 5.05. The van der Waals surface area contributed by atoms with Crippen LogP contribution in [0, 0.1) is 6.92 Å². The van der Waals surface area contributed by atoms with E-state index in [1.165, 1.54) is 34.9 Å². The Morgan fingerprint density at radius 1 is 1.03 bits per heavy atom. The van der Waals surface area contributed by atoms with Gasteiger partial charge in [-0.25, -0.2) is 13.4 Å². The number of nitrogens with one attached hydrogen (secondary N) is 1. The van der Waals surface area contributed by atoms with Crippen LogP contribution in [0.3, 0.4) is 0 Å². The summed E-state index contributed by atoms with van der Waals surface area (Å²) in [4.78, 5) is 17.0. The van der Waals surface area contributed by atoms with Gasteiger partial charge >= 0.3 is 0 Å². The second-order valence-electron chi connectivity index (χ2n) is 7.45. The Kier molecular flexibility index (Phi) is 6.95. The van der Waals surface area contributed by atoms with E-state index in [1.54, 1.807) is 36.4 Å². The van der Waals surface area contributed by atoms with Gasteiger partial charge < -0.3 is 4.74 Å². The van der Waals surface area contributed by atoms with E-state index in [2.05, 4.69) is 10.3 Å². The van der Waals surface area contributed by atoms with Crippen molar-refractivity contribution in [2.24, 2.45) is 0 Å². The number of anilines is 2. The summed E-state index contributed by atoms with van der Waals surface area (Å²) in [6.07, 6.45) is 0. The van der Waals surface area contributed by atoms with Crippen LogP contribution in [0.15, 0.2) is 89.1 Å². The summed E-state index contributed by atoms with van der Waals surface area (Å²) in [6, 6.07) is 22.2. The number of nitrogens with zero attached hydrogens (tertiary/aromatic N) is 2. The van der Waals surface area contributed by atoms with Crippen LogP contribution in [-0.2, 0) is 16.6 Å². The molecule has 4 aromatic rings. The molecule has 174 valence electrons. The number of amides is 1. The van der Waals surface area contributed by atoms with Crippen molar-refractivity contribution < 1.29 is 17.9 Å². The number of ether oxygens (including phenoxy) is 1. The Hall–Kier alpha value is -3.69. The van der Waals surface area contributed by atoms with Crippen LogP contribution in [0.4, 0.5) is 10.8 Å². The molecule has 0 saturated carbocycles. The van der Waals surface area contributed by atoms with Crippen LogP contribution in [0.1, 0.15) is 21.6 Å². The molecule has 0 radical (unpaired) electrons. The average Bonchev–Trinajstić information content (AvgIpc) is 3.27. The molecule has 0 unspecified atom stereocenters. The number of aromatic nitrogens is 1. The Balaban J connectivity index is 1.73. The van der Waals surface area contributed by atoms with E-state index in [0.29, 0.717) is 16.6 Å². The van der Waals surface area contributed by atoms with Gasteiger partial charge in [0.05, 0.1) is 29.9 Å². The van der Waals surface area contributed by atoms with Crippen LogP contribution in [0.25, 0.3) is 0 Å². The van der Waals surface area contributed by atoms with Gasteiger partial charge in [0.25, 0.3) is 15.9 Å². The minimum atomic E-state index is -4.05. The third-order valence-corrected chi connectivity index (χ3v) is 7.68. The number of sulfonamides is 1. The fourth-order valence-corrected chi connectivity index (χ4v) is 5.58. The first-order chi connectivity index (χ1) is 16.4. The van der Waals surface area contributed by atoms with Crippen LogP contribution in [0.5, 0.6) is 5.75 Å². The minimum Gasteiger partial charge on any atom is -0.495 e. The molecule has 1 aromatic heterocycles. The molecule has 0 aliphatic heterocycles. The second-order valence-corrected chi connectivity index (χ2v) is 10.2. The van der Waals surface area contributed by atoms with Gasteiger partial charge in [0, 0.05) is 10.9 Å². The number of aryl methyl sites for hydroxylation is 1. The molecule has 0 bridgehead atoms. The van der Waals surface area contributed by atoms with Crippen molar-refractivity contribution in [2.75, 3.05) is 16.7 Å². The number of carbonyl (C=O) groups is 1. The number of para-hydroxylation sites is 2. The summed E-state index contributed by atoms with van der Waals surface area (Å²) in [5.74, 6) is -0.00616. The number of benzene rings is 3. The fraction of sp³-hybridized carbons (Fsp3) is 0.120. The standard InChI is InChI=1S/C25H23N3O4S2/c1-18-17-33-25(26-18)27-24(29)20-11-8-12-21(15-20)34(30,31)28(16-19-9-4-3-5-10-19)22-13-6-7-14-23(22)32-2/h3-15,17H,16H2,1-2H3,(H,26,27,29). The minimum absolute atomic E-state index is 0.00249. The van der Waals surface area contributed by atoms with Gasteiger partial charge in [-0.1, -0.05) is 48.5 Å². The number of hydrogen-bond donors (Lipinski definition) is 1. The first-order valence-electron chi connectivity index (χ1n) is 10.4. The van der Waals surface area contributed by atoms with Crippen LogP contribution < -0.4 is 14.4 Å². The maximum Gasteiger partial charge on any atom is 0.264 e. The first kappa shape index (κ1) is 23.5. The smallest absolute Gasteiger partial charge is 0.264 e. The zero-order chi connectivity index (χ0) is 24.1. The quantitative estimate of drug-likeness (QED) is 0.369. The van der Waals surface area contributed by atoms with Gasteiger partial charge in [-0.3, -0.25) is 14.4 Å². The molecule has 0 aliphatic rings. The number of carbonyl (C=O) groups excluding carboxylic acids is 1. The van der Waals surface area contributed by atoms with Crippen molar-refractivity contribution in [1.29, 1.82) is 0 Å². The molecule has 7 nitrogen and oxygen atoms in total. The van der Waals surface area contributed by atoms with Crippen molar-refractivity contribution in [2.45, 2.75) is 18.4 Å². The van der Waals surface area contributed by atoms with Crippen molar-refractivity contribution in [3.8, 4) is 5.75 Å². The van der Waals surface area contributed by atoms with Gasteiger partial charge in [-0.15, -0.1) is 11.3 Å². The zero-order valence-electron chi connectivity index (χ0n) is 18.6. The first-order valence-corrected chi connectivity index (χ1v) is 12.7. The van der Waals surface area contributed by atoms with Crippen molar-refractivity contribution in [1.82, 2.24) is 4.98 Å². The van der Waals surface area contributed by atoms with Crippen LogP contribution in [0.2, 0.25) is 0 Å². The van der Waals surface area contributed by atoms with Gasteiger partial charge in [-0.2, -0.15) is 0 Å². The second kappa shape index (κ2) is 10.1. The molecule has 9 heteroatoms.